The van der Waals surface area contributed by atoms with E-state index in [0.717, 1.165) is 11.3 Å². The molecule has 2 heterocycles. The molecule has 6 heteroatoms. The van der Waals surface area contributed by atoms with Gasteiger partial charge in [-0.3, -0.25) is 0 Å². The van der Waals surface area contributed by atoms with Crippen LogP contribution < -0.4 is 15.1 Å². The number of carbonyl (C=O) groups is 1. The average molecular weight is 364 g/mol. The molecule has 27 heavy (non-hydrogen) atoms. The van der Waals surface area contributed by atoms with Crippen molar-refractivity contribution in [3.8, 4) is 11.5 Å². The predicted molar refractivity (Wildman–Crippen MR) is 98.7 cm³/mol. The Balaban J connectivity index is 1.56. The van der Waals surface area contributed by atoms with E-state index in [1.165, 1.54) is 13.2 Å². The summed E-state index contributed by atoms with van der Waals surface area (Å²) in [4.78, 5) is 24.2. The highest BCUT2D eigenvalue weighted by Gasteiger charge is 2.19. The second-order valence-corrected chi connectivity index (χ2v) is 6.02. The molecule has 136 valence electrons. The molecular formula is C21H16O6. The van der Waals surface area contributed by atoms with Crippen LogP contribution in [0.3, 0.4) is 0 Å². The number of benzene rings is 2. The minimum absolute atomic E-state index is 0.0494. The fraction of sp³-hybridized carbons (Fsp3) is 0.143. The topological polar surface area (TPSA) is 75.0 Å². The van der Waals surface area contributed by atoms with Crippen molar-refractivity contribution < 1.29 is 23.4 Å². The van der Waals surface area contributed by atoms with Gasteiger partial charge in [-0.2, -0.15) is 0 Å². The molecule has 6 nitrogen and oxygen atoms in total. The zero-order chi connectivity index (χ0) is 18.8. The van der Waals surface area contributed by atoms with Crippen LogP contribution in [0.1, 0.15) is 11.1 Å². The minimum atomic E-state index is -0.518. The number of ether oxygens (including phenoxy) is 3. The van der Waals surface area contributed by atoms with E-state index in [0.29, 0.717) is 27.9 Å². The van der Waals surface area contributed by atoms with E-state index >= 15 is 0 Å². The van der Waals surface area contributed by atoms with Crippen LogP contribution in [0.25, 0.3) is 17.0 Å². The number of fused-ring (bicyclic) bond motifs is 2. The third-order valence-electron chi connectivity index (χ3n) is 4.29. The lowest BCUT2D eigenvalue weighted by atomic mass is 10.1. The maximum absolute atomic E-state index is 12.4. The lowest BCUT2D eigenvalue weighted by Gasteiger charge is -2.17. The van der Waals surface area contributed by atoms with Gasteiger partial charge in [0.1, 0.15) is 30.3 Å². The van der Waals surface area contributed by atoms with Gasteiger partial charge in [-0.15, -0.1) is 0 Å². The van der Waals surface area contributed by atoms with Gasteiger partial charge in [0, 0.05) is 28.6 Å². The number of carbonyl (C=O) groups excluding carboxylic acids is 1. The molecule has 1 aromatic heterocycles. The molecule has 0 atom stereocenters. The van der Waals surface area contributed by atoms with Gasteiger partial charge in [0.25, 0.3) is 0 Å². The Morgan fingerprint density at radius 2 is 2.00 bits per heavy atom. The molecule has 0 bridgehead atoms. The van der Waals surface area contributed by atoms with Crippen LogP contribution >= 0.6 is 0 Å². The molecule has 0 spiro atoms. The Labute approximate surface area is 154 Å². The van der Waals surface area contributed by atoms with E-state index in [-0.39, 0.29) is 13.2 Å². The fourth-order valence-corrected chi connectivity index (χ4v) is 2.93. The van der Waals surface area contributed by atoms with Crippen molar-refractivity contribution in [3.63, 3.8) is 0 Å². The summed E-state index contributed by atoms with van der Waals surface area (Å²) in [6.07, 6.45) is 1.75. The van der Waals surface area contributed by atoms with E-state index < -0.39 is 11.6 Å². The van der Waals surface area contributed by atoms with Crippen LogP contribution in [0.4, 0.5) is 0 Å². The highest BCUT2D eigenvalue weighted by molar-refractivity contribution is 5.95. The van der Waals surface area contributed by atoms with Gasteiger partial charge >= 0.3 is 11.6 Å². The number of hydrogen-bond donors (Lipinski definition) is 0. The zero-order valence-corrected chi connectivity index (χ0v) is 14.6. The van der Waals surface area contributed by atoms with E-state index in [4.69, 9.17) is 18.6 Å². The van der Waals surface area contributed by atoms with Crippen molar-refractivity contribution in [1.29, 1.82) is 0 Å². The summed E-state index contributed by atoms with van der Waals surface area (Å²) < 4.78 is 21.3. The summed E-state index contributed by atoms with van der Waals surface area (Å²) in [5.74, 6) is 0.817. The number of para-hydroxylation sites is 1. The molecule has 0 unspecified atom stereocenters. The second-order valence-electron chi connectivity index (χ2n) is 6.02. The van der Waals surface area contributed by atoms with E-state index in [9.17, 15) is 9.59 Å². The Bertz CT molecular complexity index is 1110. The highest BCUT2D eigenvalue weighted by atomic mass is 16.5. The first-order valence-electron chi connectivity index (χ1n) is 8.34. The summed E-state index contributed by atoms with van der Waals surface area (Å²) in [6.45, 7) is 0.0942. The minimum Gasteiger partial charge on any atom is -0.497 e. The number of esters is 1. The molecule has 0 saturated carbocycles. The van der Waals surface area contributed by atoms with Crippen LogP contribution in [0.15, 0.2) is 63.3 Å². The third-order valence-corrected chi connectivity index (χ3v) is 4.29. The van der Waals surface area contributed by atoms with Crippen molar-refractivity contribution in [1.82, 2.24) is 0 Å². The van der Waals surface area contributed by atoms with Crippen LogP contribution in [0.5, 0.6) is 11.5 Å². The van der Waals surface area contributed by atoms with Gasteiger partial charge in [0.2, 0.25) is 0 Å². The Hall–Kier alpha value is -3.54. The lowest BCUT2D eigenvalue weighted by molar-refractivity contribution is -0.140. The van der Waals surface area contributed by atoms with Crippen LogP contribution in [-0.2, 0) is 16.1 Å². The van der Waals surface area contributed by atoms with Crippen LogP contribution in [0.2, 0.25) is 0 Å². The molecule has 3 aromatic rings. The maximum atomic E-state index is 12.4. The number of rotatable bonds is 4. The van der Waals surface area contributed by atoms with Gasteiger partial charge in [-0.05, 0) is 24.3 Å². The lowest BCUT2D eigenvalue weighted by Crippen LogP contribution is -2.17. The molecule has 0 aliphatic carbocycles. The largest absolute Gasteiger partial charge is 0.497 e. The van der Waals surface area contributed by atoms with Gasteiger partial charge in [-0.25, -0.2) is 9.59 Å². The predicted octanol–water partition coefficient (Wildman–Crippen LogP) is 3.32. The smallest absolute Gasteiger partial charge is 0.337 e. The van der Waals surface area contributed by atoms with Gasteiger partial charge in [0.15, 0.2) is 0 Å². The van der Waals surface area contributed by atoms with Gasteiger partial charge in [0.05, 0.1) is 12.7 Å². The summed E-state index contributed by atoms with van der Waals surface area (Å²) in [5.41, 5.74) is 1.67. The normalized spacial score (nSPS) is 12.7. The molecule has 1 aliphatic heterocycles. The quantitative estimate of drug-likeness (QED) is 0.522. The summed E-state index contributed by atoms with van der Waals surface area (Å²) in [6, 6.07) is 13.9. The summed E-state index contributed by atoms with van der Waals surface area (Å²) >= 11 is 0. The maximum Gasteiger partial charge on any atom is 0.337 e. The molecule has 0 radical (unpaired) electrons. The third kappa shape index (κ3) is 3.42. The van der Waals surface area contributed by atoms with Crippen molar-refractivity contribution in [3.05, 3.63) is 75.7 Å². The van der Waals surface area contributed by atoms with Crippen LogP contribution in [0, 0.1) is 0 Å². The van der Waals surface area contributed by atoms with Crippen molar-refractivity contribution in [2.24, 2.45) is 0 Å². The van der Waals surface area contributed by atoms with Crippen molar-refractivity contribution in [2.45, 2.75) is 6.61 Å². The van der Waals surface area contributed by atoms with Crippen molar-refractivity contribution >= 4 is 23.0 Å². The van der Waals surface area contributed by atoms with E-state index in [1.54, 1.807) is 24.3 Å². The first-order chi connectivity index (χ1) is 13.1. The van der Waals surface area contributed by atoms with Crippen molar-refractivity contribution in [2.75, 3.05) is 13.7 Å². The standard InChI is InChI=1S/C21H16O6/c1-24-16-6-7-17-14(9-20(22)27-19(17)10-16)11-26-21(23)15-8-13-4-2-3-5-18(13)25-12-15/h2-10H,11-12H2,1H3. The Morgan fingerprint density at radius 3 is 2.85 bits per heavy atom. The van der Waals surface area contributed by atoms with Gasteiger partial charge in [-0.1, -0.05) is 18.2 Å². The molecule has 4 rings (SSSR count). The first-order valence-corrected chi connectivity index (χ1v) is 8.34. The second kappa shape index (κ2) is 6.99. The molecule has 0 saturated heterocycles. The molecule has 0 fully saturated rings. The molecule has 0 amide bonds. The first kappa shape index (κ1) is 16.9. The number of methoxy groups -OCH3 is 1. The van der Waals surface area contributed by atoms with E-state index in [2.05, 4.69) is 0 Å². The molecular weight excluding hydrogens is 348 g/mol. The molecule has 2 aromatic carbocycles. The fourth-order valence-electron chi connectivity index (χ4n) is 2.93. The van der Waals surface area contributed by atoms with Gasteiger partial charge < -0.3 is 18.6 Å². The zero-order valence-electron chi connectivity index (χ0n) is 14.6. The monoisotopic (exact) mass is 364 g/mol. The number of hydrogen-bond acceptors (Lipinski definition) is 6. The Morgan fingerprint density at radius 1 is 1.15 bits per heavy atom. The SMILES string of the molecule is COc1ccc2c(COC(=O)C3=Cc4ccccc4OC3)cc(=O)oc2c1. The highest BCUT2D eigenvalue weighted by Crippen LogP contribution is 2.27. The average Bonchev–Trinajstić information content (AvgIpc) is 2.70. The Kier molecular flexibility index (Phi) is 4.38. The molecule has 1 aliphatic rings. The summed E-state index contributed by atoms with van der Waals surface area (Å²) in [5, 5.41) is 0.683. The summed E-state index contributed by atoms with van der Waals surface area (Å²) in [7, 11) is 1.53. The van der Waals surface area contributed by atoms with Crippen LogP contribution in [-0.4, -0.2) is 19.7 Å². The molecule has 0 N–H and O–H groups in total. The van der Waals surface area contributed by atoms with E-state index in [1.807, 2.05) is 24.3 Å².